The van der Waals surface area contributed by atoms with E-state index >= 15 is 0 Å². The molecule has 2 aromatic rings. The molecule has 1 heterocycles. The summed E-state index contributed by atoms with van der Waals surface area (Å²) in [7, 11) is 0. The summed E-state index contributed by atoms with van der Waals surface area (Å²) in [5.74, 6) is -0.785. The first-order valence-corrected chi connectivity index (χ1v) is 11.2. The minimum absolute atomic E-state index is 0.0502. The summed E-state index contributed by atoms with van der Waals surface area (Å²) in [6.07, 6.45) is 0.187. The molecule has 170 valence electrons. The molecule has 1 aliphatic rings. The molecule has 1 saturated heterocycles. The zero-order valence-corrected chi connectivity index (χ0v) is 19.1. The van der Waals surface area contributed by atoms with E-state index in [0.717, 1.165) is 30.9 Å². The van der Waals surface area contributed by atoms with Crippen molar-refractivity contribution < 1.29 is 14.4 Å². The lowest BCUT2D eigenvalue weighted by atomic mass is 10.1. The number of anilines is 2. The predicted octanol–water partition coefficient (Wildman–Crippen LogP) is 3.06. The van der Waals surface area contributed by atoms with Crippen LogP contribution in [0, 0.1) is 12.8 Å². The maximum atomic E-state index is 12.7. The summed E-state index contributed by atoms with van der Waals surface area (Å²) in [4.78, 5) is 41.3. The molecule has 3 amide bonds. The molecule has 2 aromatic carbocycles. The predicted molar refractivity (Wildman–Crippen MR) is 127 cm³/mol. The van der Waals surface area contributed by atoms with Crippen molar-refractivity contribution in [3.05, 3.63) is 59.7 Å². The van der Waals surface area contributed by atoms with E-state index in [4.69, 9.17) is 0 Å². The third kappa shape index (κ3) is 5.95. The van der Waals surface area contributed by atoms with Crippen LogP contribution in [0.25, 0.3) is 0 Å². The highest BCUT2D eigenvalue weighted by atomic mass is 16.2. The van der Waals surface area contributed by atoms with Crippen LogP contribution in [0.15, 0.2) is 48.5 Å². The zero-order chi connectivity index (χ0) is 23.1. The maximum absolute atomic E-state index is 12.7. The Labute approximate surface area is 189 Å². The van der Waals surface area contributed by atoms with Gasteiger partial charge < -0.3 is 20.4 Å². The van der Waals surface area contributed by atoms with Crippen LogP contribution in [0.3, 0.4) is 0 Å². The Morgan fingerprint density at radius 1 is 1.03 bits per heavy atom. The van der Waals surface area contributed by atoms with E-state index in [-0.39, 0.29) is 24.1 Å². The molecular formula is C25H32N4O3. The first kappa shape index (κ1) is 23.5. The molecule has 1 atom stereocenters. The molecule has 32 heavy (non-hydrogen) atoms. The average Bonchev–Trinajstić information content (AvgIpc) is 3.19. The highest BCUT2D eigenvalue weighted by Gasteiger charge is 2.35. The quantitative estimate of drug-likeness (QED) is 0.633. The van der Waals surface area contributed by atoms with Crippen molar-refractivity contribution in [1.82, 2.24) is 10.2 Å². The smallest absolute Gasteiger partial charge is 0.251 e. The van der Waals surface area contributed by atoms with Crippen LogP contribution < -0.4 is 15.5 Å². The number of aryl methyl sites for hydroxylation is 1. The van der Waals surface area contributed by atoms with Gasteiger partial charge in [0.1, 0.15) is 0 Å². The highest BCUT2D eigenvalue weighted by Crippen LogP contribution is 2.26. The van der Waals surface area contributed by atoms with Gasteiger partial charge in [0.05, 0.1) is 5.92 Å². The number of nitrogens with zero attached hydrogens (tertiary/aromatic N) is 2. The molecule has 0 saturated carbocycles. The summed E-state index contributed by atoms with van der Waals surface area (Å²) >= 11 is 0. The first-order valence-electron chi connectivity index (χ1n) is 11.2. The molecule has 3 rings (SSSR count). The van der Waals surface area contributed by atoms with E-state index in [1.54, 1.807) is 29.2 Å². The molecule has 0 aromatic heterocycles. The van der Waals surface area contributed by atoms with Crippen LogP contribution >= 0.6 is 0 Å². The molecule has 0 spiro atoms. The van der Waals surface area contributed by atoms with E-state index in [1.165, 1.54) is 0 Å². The van der Waals surface area contributed by atoms with Gasteiger partial charge >= 0.3 is 0 Å². The van der Waals surface area contributed by atoms with Gasteiger partial charge in [0.25, 0.3) is 5.91 Å². The van der Waals surface area contributed by atoms with E-state index in [0.29, 0.717) is 24.3 Å². The van der Waals surface area contributed by atoms with Gasteiger partial charge in [-0.25, -0.2) is 0 Å². The summed E-state index contributed by atoms with van der Waals surface area (Å²) in [6, 6.07) is 14.5. The van der Waals surface area contributed by atoms with Crippen LogP contribution in [-0.4, -0.2) is 55.3 Å². The molecule has 2 N–H and O–H groups in total. The fraction of sp³-hybridized carbons (Fsp3) is 0.400. The van der Waals surface area contributed by atoms with Gasteiger partial charge in [0.15, 0.2) is 0 Å². The van der Waals surface area contributed by atoms with Crippen LogP contribution in [-0.2, 0) is 9.59 Å². The topological polar surface area (TPSA) is 81.8 Å². The Bertz CT molecular complexity index is 937. The van der Waals surface area contributed by atoms with E-state index in [9.17, 15) is 14.4 Å². The highest BCUT2D eigenvalue weighted by molar-refractivity contribution is 6.03. The lowest BCUT2D eigenvalue weighted by Gasteiger charge is -2.18. The second-order valence-corrected chi connectivity index (χ2v) is 8.09. The number of amides is 3. The first-order chi connectivity index (χ1) is 15.4. The third-order valence-corrected chi connectivity index (χ3v) is 5.86. The number of rotatable bonds is 9. The maximum Gasteiger partial charge on any atom is 0.251 e. The van der Waals surface area contributed by atoms with Crippen molar-refractivity contribution in [2.24, 2.45) is 5.92 Å². The monoisotopic (exact) mass is 436 g/mol. The molecule has 0 radical (unpaired) electrons. The minimum Gasteiger partial charge on any atom is -0.351 e. The molecule has 0 aliphatic carbocycles. The van der Waals surface area contributed by atoms with Crippen molar-refractivity contribution in [2.75, 3.05) is 42.9 Å². The number of benzene rings is 2. The van der Waals surface area contributed by atoms with Gasteiger partial charge in [-0.15, -0.1) is 0 Å². The fourth-order valence-corrected chi connectivity index (χ4v) is 3.78. The standard InChI is InChI=1S/C25H32N4O3/c1-4-28(5-2)15-14-26-24(31)19-8-10-21(11-9-19)27-25(32)20-16-23(30)29(17-20)22-12-6-18(3)7-13-22/h6-13,20H,4-5,14-17H2,1-3H3,(H,26,31)(H,27,32)/t20-/m0/s1. The van der Waals surface area contributed by atoms with Gasteiger partial charge in [-0.3, -0.25) is 14.4 Å². The zero-order valence-electron chi connectivity index (χ0n) is 19.1. The number of hydrogen-bond donors (Lipinski definition) is 2. The van der Waals surface area contributed by atoms with Crippen LogP contribution in [0.4, 0.5) is 11.4 Å². The molecule has 7 heteroatoms. The van der Waals surface area contributed by atoms with E-state index in [1.807, 2.05) is 31.2 Å². The largest absolute Gasteiger partial charge is 0.351 e. The van der Waals surface area contributed by atoms with E-state index < -0.39 is 5.92 Å². The van der Waals surface area contributed by atoms with Crippen molar-refractivity contribution in [2.45, 2.75) is 27.2 Å². The summed E-state index contributed by atoms with van der Waals surface area (Å²) in [5, 5.41) is 5.79. The molecule has 0 unspecified atom stereocenters. The van der Waals surface area contributed by atoms with Crippen molar-refractivity contribution >= 4 is 29.1 Å². The summed E-state index contributed by atoms with van der Waals surface area (Å²) < 4.78 is 0. The Morgan fingerprint density at radius 3 is 2.31 bits per heavy atom. The Balaban J connectivity index is 1.52. The van der Waals surface area contributed by atoms with Gasteiger partial charge in [0.2, 0.25) is 11.8 Å². The third-order valence-electron chi connectivity index (χ3n) is 5.86. The number of carbonyl (C=O) groups is 3. The Morgan fingerprint density at radius 2 is 1.69 bits per heavy atom. The normalized spacial score (nSPS) is 15.8. The lowest BCUT2D eigenvalue weighted by molar-refractivity contribution is -0.122. The number of likely N-dealkylation sites (N-methyl/N-ethyl adjacent to an activating group) is 1. The molecular weight excluding hydrogens is 404 g/mol. The van der Waals surface area contributed by atoms with Gasteiger partial charge in [0, 0.05) is 43.0 Å². The SMILES string of the molecule is CCN(CC)CCNC(=O)c1ccc(NC(=O)[C@H]2CC(=O)N(c3ccc(C)cc3)C2)cc1. The van der Waals surface area contributed by atoms with Crippen molar-refractivity contribution in [3.63, 3.8) is 0 Å². The minimum atomic E-state index is -0.410. The summed E-state index contributed by atoms with van der Waals surface area (Å²) in [5.41, 5.74) is 3.09. The van der Waals surface area contributed by atoms with Crippen LogP contribution in [0.2, 0.25) is 0 Å². The number of carbonyl (C=O) groups excluding carboxylic acids is 3. The van der Waals surface area contributed by atoms with Gasteiger partial charge in [-0.1, -0.05) is 31.5 Å². The van der Waals surface area contributed by atoms with Gasteiger partial charge in [-0.2, -0.15) is 0 Å². The molecule has 1 aliphatic heterocycles. The number of nitrogens with one attached hydrogen (secondary N) is 2. The fourth-order valence-electron chi connectivity index (χ4n) is 3.78. The van der Waals surface area contributed by atoms with E-state index in [2.05, 4.69) is 29.4 Å². The summed E-state index contributed by atoms with van der Waals surface area (Å²) in [6.45, 7) is 9.86. The second kappa shape index (κ2) is 10.9. The Kier molecular flexibility index (Phi) is 8.00. The van der Waals surface area contributed by atoms with Crippen molar-refractivity contribution in [3.8, 4) is 0 Å². The van der Waals surface area contributed by atoms with Crippen molar-refractivity contribution in [1.29, 1.82) is 0 Å². The molecule has 0 bridgehead atoms. The number of hydrogen-bond acceptors (Lipinski definition) is 4. The average molecular weight is 437 g/mol. The lowest BCUT2D eigenvalue weighted by Crippen LogP contribution is -2.34. The molecule has 1 fully saturated rings. The van der Waals surface area contributed by atoms with Gasteiger partial charge in [-0.05, 0) is 56.4 Å². The van der Waals surface area contributed by atoms with Crippen LogP contribution in [0.5, 0.6) is 0 Å². The van der Waals surface area contributed by atoms with Crippen LogP contribution in [0.1, 0.15) is 36.2 Å². The second-order valence-electron chi connectivity index (χ2n) is 8.09. The Hall–Kier alpha value is -3.19. The molecule has 7 nitrogen and oxygen atoms in total.